The third-order valence-corrected chi connectivity index (χ3v) is 6.08. The Bertz CT molecular complexity index is 770. The molecule has 5 nitrogen and oxygen atoms in total. The number of sulfonamides is 1. The first-order valence-electron chi connectivity index (χ1n) is 6.37. The maximum atomic E-state index is 12.4. The number of aromatic carboxylic acids is 1. The van der Waals surface area contributed by atoms with Crippen LogP contribution in [0.3, 0.4) is 0 Å². The lowest BCUT2D eigenvalue weighted by Gasteiger charge is -2.12. The number of thiophene rings is 1. The van der Waals surface area contributed by atoms with Crippen molar-refractivity contribution in [2.45, 2.75) is 23.8 Å². The molecule has 2 aromatic rings. The molecule has 1 heterocycles. The molecule has 0 atom stereocenters. The predicted octanol–water partition coefficient (Wildman–Crippen LogP) is 1.89. The van der Waals surface area contributed by atoms with Crippen molar-refractivity contribution in [2.75, 3.05) is 0 Å². The molecule has 0 amide bonds. The minimum Gasteiger partial charge on any atom is -0.477 e. The highest BCUT2D eigenvalue weighted by atomic mass is 32.2. The first-order chi connectivity index (χ1) is 9.97. The van der Waals surface area contributed by atoms with Crippen LogP contribution in [-0.4, -0.2) is 25.5 Å². The van der Waals surface area contributed by atoms with Crippen LogP contribution in [0.2, 0.25) is 0 Å². The molecular formula is C14H13NO4S2. The molecule has 7 heteroatoms. The van der Waals surface area contributed by atoms with E-state index in [1.54, 1.807) is 0 Å². The molecule has 21 heavy (non-hydrogen) atoms. The Labute approximate surface area is 126 Å². The summed E-state index contributed by atoms with van der Waals surface area (Å²) >= 11 is 0.911. The number of rotatable bonds is 4. The fourth-order valence-electron chi connectivity index (χ4n) is 2.59. The van der Waals surface area contributed by atoms with Crippen LogP contribution in [0.1, 0.15) is 20.8 Å². The van der Waals surface area contributed by atoms with Crippen LogP contribution in [0.5, 0.6) is 0 Å². The second kappa shape index (κ2) is 5.25. The number of nitrogens with one attached hydrogen (secondary N) is 1. The highest BCUT2D eigenvalue weighted by Crippen LogP contribution is 2.25. The van der Waals surface area contributed by atoms with Crippen molar-refractivity contribution < 1.29 is 18.3 Å². The number of carboxylic acid groups (broad SMARTS) is 1. The van der Waals surface area contributed by atoms with E-state index < -0.39 is 16.0 Å². The van der Waals surface area contributed by atoms with Gasteiger partial charge in [0, 0.05) is 6.04 Å². The van der Waals surface area contributed by atoms with Gasteiger partial charge in [0.1, 0.15) is 9.77 Å². The van der Waals surface area contributed by atoms with Gasteiger partial charge in [0.2, 0.25) is 10.0 Å². The van der Waals surface area contributed by atoms with Gasteiger partial charge in [-0.2, -0.15) is 0 Å². The summed E-state index contributed by atoms with van der Waals surface area (Å²) in [5.74, 6) is -1.22. The van der Waals surface area contributed by atoms with Gasteiger partial charge in [-0.15, -0.1) is 11.3 Å². The van der Waals surface area contributed by atoms with E-state index in [1.807, 2.05) is 24.3 Å². The van der Waals surface area contributed by atoms with Gasteiger partial charge in [-0.3, -0.25) is 0 Å². The molecule has 1 aliphatic carbocycles. The summed E-state index contributed by atoms with van der Waals surface area (Å²) in [6.07, 6.45) is 1.25. The zero-order chi connectivity index (χ0) is 15.0. The van der Waals surface area contributed by atoms with E-state index in [2.05, 4.69) is 4.72 Å². The molecule has 1 aliphatic rings. The number of hydrogen-bond acceptors (Lipinski definition) is 4. The normalized spacial score (nSPS) is 15.0. The summed E-state index contributed by atoms with van der Waals surface area (Å²) < 4.78 is 27.3. The summed E-state index contributed by atoms with van der Waals surface area (Å²) in [5, 5.41) is 10.5. The Morgan fingerprint density at radius 1 is 1.19 bits per heavy atom. The molecule has 0 radical (unpaired) electrons. The molecular weight excluding hydrogens is 310 g/mol. The third kappa shape index (κ3) is 2.72. The average molecular weight is 323 g/mol. The third-order valence-electron chi connectivity index (χ3n) is 3.49. The number of benzene rings is 1. The van der Waals surface area contributed by atoms with Gasteiger partial charge in [-0.25, -0.2) is 17.9 Å². The number of carbonyl (C=O) groups is 1. The van der Waals surface area contributed by atoms with Crippen LogP contribution in [0.25, 0.3) is 0 Å². The van der Waals surface area contributed by atoms with Gasteiger partial charge in [0.15, 0.2) is 0 Å². The van der Waals surface area contributed by atoms with E-state index in [9.17, 15) is 13.2 Å². The zero-order valence-corrected chi connectivity index (χ0v) is 12.6. The summed E-state index contributed by atoms with van der Waals surface area (Å²) in [7, 11) is -3.81. The summed E-state index contributed by atoms with van der Waals surface area (Å²) in [4.78, 5) is 10.8. The van der Waals surface area contributed by atoms with Crippen LogP contribution in [-0.2, 0) is 22.9 Å². The molecule has 0 spiro atoms. The molecule has 110 valence electrons. The highest BCUT2D eigenvalue weighted by Gasteiger charge is 2.29. The molecule has 1 aromatic heterocycles. The lowest BCUT2D eigenvalue weighted by Crippen LogP contribution is -2.35. The van der Waals surface area contributed by atoms with Crippen molar-refractivity contribution in [1.29, 1.82) is 0 Å². The first-order valence-corrected chi connectivity index (χ1v) is 8.73. The van der Waals surface area contributed by atoms with Gasteiger partial charge in [-0.05, 0) is 35.4 Å². The van der Waals surface area contributed by atoms with Crippen LogP contribution in [0.15, 0.2) is 40.6 Å². The second-order valence-electron chi connectivity index (χ2n) is 4.91. The van der Waals surface area contributed by atoms with Crippen molar-refractivity contribution in [3.8, 4) is 0 Å². The Balaban J connectivity index is 1.82. The topological polar surface area (TPSA) is 83.5 Å². The molecule has 2 N–H and O–H groups in total. The standard InChI is InChI=1S/C14H13NO4S2/c16-14(17)13-12(5-6-20-13)21(18,19)15-11-7-9-3-1-2-4-10(9)8-11/h1-6,11,15H,7-8H2,(H,16,17). The fourth-order valence-corrected chi connectivity index (χ4v) is 5.09. The summed E-state index contributed by atoms with van der Waals surface area (Å²) in [6, 6.07) is 8.93. The smallest absolute Gasteiger partial charge is 0.347 e. The van der Waals surface area contributed by atoms with E-state index in [0.29, 0.717) is 12.8 Å². The minimum atomic E-state index is -3.81. The van der Waals surface area contributed by atoms with Crippen molar-refractivity contribution in [1.82, 2.24) is 4.72 Å². The minimum absolute atomic E-state index is 0.155. The molecule has 0 fully saturated rings. The van der Waals surface area contributed by atoms with E-state index in [0.717, 1.165) is 22.5 Å². The Hall–Kier alpha value is -1.70. The lowest BCUT2D eigenvalue weighted by atomic mass is 10.1. The van der Waals surface area contributed by atoms with Gasteiger partial charge < -0.3 is 5.11 Å². The summed E-state index contributed by atoms with van der Waals surface area (Å²) in [6.45, 7) is 0. The summed E-state index contributed by atoms with van der Waals surface area (Å²) in [5.41, 5.74) is 2.27. The monoisotopic (exact) mass is 323 g/mol. The fraction of sp³-hybridized carbons (Fsp3) is 0.214. The highest BCUT2D eigenvalue weighted by molar-refractivity contribution is 7.89. The molecule has 0 saturated heterocycles. The first kappa shape index (κ1) is 14.2. The second-order valence-corrected chi connectivity index (χ2v) is 7.51. The molecule has 1 aromatic carbocycles. The number of hydrogen-bond donors (Lipinski definition) is 2. The Morgan fingerprint density at radius 2 is 1.81 bits per heavy atom. The van der Waals surface area contributed by atoms with E-state index >= 15 is 0 Å². The Kier molecular flexibility index (Phi) is 3.56. The van der Waals surface area contributed by atoms with Crippen molar-refractivity contribution in [2.24, 2.45) is 0 Å². The van der Waals surface area contributed by atoms with Gasteiger partial charge in [0.05, 0.1) is 0 Å². The molecule has 0 bridgehead atoms. The van der Waals surface area contributed by atoms with Crippen molar-refractivity contribution >= 4 is 27.3 Å². The van der Waals surface area contributed by atoms with Crippen molar-refractivity contribution in [3.05, 3.63) is 51.7 Å². The van der Waals surface area contributed by atoms with Gasteiger partial charge in [-0.1, -0.05) is 24.3 Å². The van der Waals surface area contributed by atoms with E-state index in [4.69, 9.17) is 5.11 Å². The molecule has 0 unspecified atom stereocenters. The maximum absolute atomic E-state index is 12.4. The van der Waals surface area contributed by atoms with Crippen molar-refractivity contribution in [3.63, 3.8) is 0 Å². The van der Waals surface area contributed by atoms with Gasteiger partial charge >= 0.3 is 5.97 Å². The number of carboxylic acids is 1. The van der Waals surface area contributed by atoms with E-state index in [-0.39, 0.29) is 15.8 Å². The van der Waals surface area contributed by atoms with Crippen LogP contribution in [0.4, 0.5) is 0 Å². The average Bonchev–Trinajstić information content (AvgIpc) is 3.04. The zero-order valence-electron chi connectivity index (χ0n) is 10.9. The van der Waals surface area contributed by atoms with Gasteiger partial charge in [0.25, 0.3) is 0 Å². The maximum Gasteiger partial charge on any atom is 0.347 e. The quantitative estimate of drug-likeness (QED) is 0.900. The molecule has 0 saturated carbocycles. The molecule has 0 aliphatic heterocycles. The lowest BCUT2D eigenvalue weighted by molar-refractivity contribution is 0.0698. The van der Waals surface area contributed by atoms with Crippen LogP contribution >= 0.6 is 11.3 Å². The van der Waals surface area contributed by atoms with Crippen LogP contribution in [0, 0.1) is 0 Å². The number of fused-ring (bicyclic) bond motifs is 1. The van der Waals surface area contributed by atoms with E-state index in [1.165, 1.54) is 11.4 Å². The predicted molar refractivity (Wildman–Crippen MR) is 79.2 cm³/mol. The van der Waals surface area contributed by atoms with Crippen LogP contribution < -0.4 is 4.72 Å². The molecule has 3 rings (SSSR count). The largest absolute Gasteiger partial charge is 0.477 e. The Morgan fingerprint density at radius 3 is 2.38 bits per heavy atom. The SMILES string of the molecule is O=C(O)c1sccc1S(=O)(=O)NC1Cc2ccccc2C1.